The predicted octanol–water partition coefficient (Wildman–Crippen LogP) is 1.48. The summed E-state index contributed by atoms with van der Waals surface area (Å²) >= 11 is 5.41. The lowest BCUT2D eigenvalue weighted by Gasteiger charge is -2.23. The van der Waals surface area contributed by atoms with Gasteiger partial charge in [-0.1, -0.05) is 42.5 Å². The summed E-state index contributed by atoms with van der Waals surface area (Å²) in [5.74, 6) is 0.423. The Labute approximate surface area is 130 Å². The zero-order valence-corrected chi connectivity index (χ0v) is 12.5. The van der Waals surface area contributed by atoms with Crippen molar-refractivity contribution in [3.8, 4) is 6.19 Å². The van der Waals surface area contributed by atoms with E-state index in [1.807, 2.05) is 30.3 Å². The highest BCUT2D eigenvalue weighted by molar-refractivity contribution is 7.80. The van der Waals surface area contributed by atoms with Gasteiger partial charge in [0.1, 0.15) is 10.8 Å². The number of hydrogen-bond donors (Lipinski definition) is 2. The summed E-state index contributed by atoms with van der Waals surface area (Å²) in [6.07, 6.45) is 2.66. The van der Waals surface area contributed by atoms with E-state index in [1.165, 1.54) is 4.90 Å². The molecule has 1 aromatic carbocycles. The maximum Gasteiger partial charge on any atom is 0.185 e. The fourth-order valence-corrected chi connectivity index (χ4v) is 2.34. The van der Waals surface area contributed by atoms with Crippen LogP contribution in [0, 0.1) is 11.5 Å². The van der Waals surface area contributed by atoms with Gasteiger partial charge in [-0.15, -0.1) is 0 Å². The number of nitrogens with two attached hydrogens (primary N) is 1. The smallest absolute Gasteiger partial charge is 0.185 e. The van der Waals surface area contributed by atoms with Crippen LogP contribution in [0.4, 0.5) is 0 Å². The molecule has 21 heavy (non-hydrogen) atoms. The molecule has 0 unspecified atom stereocenters. The molecule has 0 aliphatic carbocycles. The third-order valence-electron chi connectivity index (χ3n) is 3.25. The van der Waals surface area contributed by atoms with E-state index in [0.29, 0.717) is 43.5 Å². The lowest BCUT2D eigenvalue weighted by atomic mass is 10.1. The van der Waals surface area contributed by atoms with Gasteiger partial charge in [0.05, 0.1) is 19.8 Å². The largest absolute Gasteiger partial charge is 0.384 e. The standard InChI is InChI=1S/C15H18N4OS/c16-11-19-7-9-20-8-6-13(14(19)17)15(21)18-10-12-4-2-1-3-5-12/h1-5H,6-10,17H2,(H,18,21)/b14-13+. The average Bonchev–Trinajstić information content (AvgIpc) is 2.50. The summed E-state index contributed by atoms with van der Waals surface area (Å²) in [5, 5.41) is 12.3. The number of thiocarbonyl (C=S) groups is 1. The van der Waals surface area contributed by atoms with E-state index in [2.05, 4.69) is 11.5 Å². The molecule has 0 fully saturated rings. The number of rotatable bonds is 3. The van der Waals surface area contributed by atoms with Crippen LogP contribution < -0.4 is 11.1 Å². The first-order chi connectivity index (χ1) is 10.2. The Morgan fingerprint density at radius 2 is 2.14 bits per heavy atom. The van der Waals surface area contributed by atoms with Crippen LogP contribution in [-0.2, 0) is 11.3 Å². The van der Waals surface area contributed by atoms with Crippen molar-refractivity contribution < 1.29 is 4.74 Å². The van der Waals surface area contributed by atoms with Gasteiger partial charge in [0.2, 0.25) is 0 Å². The summed E-state index contributed by atoms with van der Waals surface area (Å²) in [7, 11) is 0. The van der Waals surface area contributed by atoms with Crippen LogP contribution in [0.3, 0.4) is 0 Å². The minimum Gasteiger partial charge on any atom is -0.384 e. The molecule has 2 rings (SSSR count). The molecule has 5 nitrogen and oxygen atoms in total. The Morgan fingerprint density at radius 3 is 2.86 bits per heavy atom. The van der Waals surface area contributed by atoms with Crippen LogP contribution in [0.5, 0.6) is 0 Å². The maximum atomic E-state index is 9.13. The molecule has 0 atom stereocenters. The van der Waals surface area contributed by atoms with Crippen molar-refractivity contribution in [2.45, 2.75) is 13.0 Å². The first-order valence-electron chi connectivity index (χ1n) is 6.78. The number of hydrogen-bond acceptors (Lipinski definition) is 5. The molecular weight excluding hydrogens is 284 g/mol. The van der Waals surface area contributed by atoms with E-state index in [4.69, 9.17) is 28.0 Å². The monoisotopic (exact) mass is 302 g/mol. The number of benzene rings is 1. The summed E-state index contributed by atoms with van der Waals surface area (Å²) in [5.41, 5.74) is 7.98. The van der Waals surface area contributed by atoms with Crippen molar-refractivity contribution in [2.24, 2.45) is 5.73 Å². The van der Waals surface area contributed by atoms with Crippen molar-refractivity contribution in [1.82, 2.24) is 10.2 Å². The van der Waals surface area contributed by atoms with Crippen LogP contribution in [0.1, 0.15) is 12.0 Å². The maximum absolute atomic E-state index is 9.13. The fourth-order valence-electron chi connectivity index (χ4n) is 2.06. The van der Waals surface area contributed by atoms with Crippen LogP contribution in [-0.4, -0.2) is 29.6 Å². The number of nitrogens with one attached hydrogen (secondary N) is 1. The molecule has 1 aliphatic rings. The van der Waals surface area contributed by atoms with Crippen molar-refractivity contribution in [2.75, 3.05) is 19.8 Å². The third kappa shape index (κ3) is 4.18. The Kier molecular flexibility index (Phi) is 5.55. The zero-order chi connectivity index (χ0) is 15.1. The van der Waals surface area contributed by atoms with E-state index in [-0.39, 0.29) is 0 Å². The third-order valence-corrected chi connectivity index (χ3v) is 3.64. The van der Waals surface area contributed by atoms with Gasteiger partial charge in [-0.25, -0.2) is 0 Å². The van der Waals surface area contributed by atoms with Crippen LogP contribution >= 0.6 is 12.2 Å². The Bertz CT molecular complexity index is 565. The lowest BCUT2D eigenvalue weighted by Crippen LogP contribution is -2.35. The molecular formula is C15H18N4OS. The van der Waals surface area contributed by atoms with E-state index in [1.54, 1.807) is 0 Å². The van der Waals surface area contributed by atoms with Crippen LogP contribution in [0.15, 0.2) is 41.7 Å². The van der Waals surface area contributed by atoms with Crippen LogP contribution in [0.25, 0.3) is 0 Å². The molecule has 0 spiro atoms. The van der Waals surface area contributed by atoms with Crippen molar-refractivity contribution in [3.05, 3.63) is 47.3 Å². The topological polar surface area (TPSA) is 74.3 Å². The molecule has 1 aromatic rings. The van der Waals surface area contributed by atoms with Gasteiger partial charge in [0.25, 0.3) is 0 Å². The number of ether oxygens (including phenoxy) is 1. The molecule has 0 aromatic heterocycles. The summed E-state index contributed by atoms with van der Waals surface area (Å²) in [6, 6.07) is 9.98. The highest BCUT2D eigenvalue weighted by Crippen LogP contribution is 2.13. The molecule has 0 bridgehead atoms. The Hall–Kier alpha value is -2.10. The molecule has 1 heterocycles. The second-order valence-corrected chi connectivity index (χ2v) is 5.05. The van der Waals surface area contributed by atoms with Crippen molar-refractivity contribution in [1.29, 1.82) is 5.26 Å². The van der Waals surface area contributed by atoms with Gasteiger partial charge in [0, 0.05) is 18.5 Å². The molecule has 6 heteroatoms. The molecule has 0 radical (unpaired) electrons. The van der Waals surface area contributed by atoms with Gasteiger partial charge in [-0.3, -0.25) is 4.90 Å². The van der Waals surface area contributed by atoms with E-state index in [0.717, 1.165) is 11.1 Å². The number of nitrogens with zero attached hydrogens (tertiary/aromatic N) is 2. The van der Waals surface area contributed by atoms with Crippen molar-refractivity contribution in [3.63, 3.8) is 0 Å². The van der Waals surface area contributed by atoms with Crippen molar-refractivity contribution >= 4 is 17.2 Å². The predicted molar refractivity (Wildman–Crippen MR) is 84.8 cm³/mol. The molecule has 0 amide bonds. The molecule has 3 N–H and O–H groups in total. The Morgan fingerprint density at radius 1 is 1.38 bits per heavy atom. The van der Waals surface area contributed by atoms with Gasteiger partial charge in [0.15, 0.2) is 6.19 Å². The second-order valence-electron chi connectivity index (χ2n) is 4.65. The first kappa shape index (κ1) is 15.3. The zero-order valence-electron chi connectivity index (χ0n) is 11.7. The van der Waals surface area contributed by atoms with E-state index >= 15 is 0 Å². The molecule has 1 aliphatic heterocycles. The molecule has 110 valence electrons. The quantitative estimate of drug-likeness (QED) is 0.651. The SMILES string of the molecule is N#CN1CCOCC/C(C(=S)NCc2ccccc2)=C\1N. The Balaban J connectivity index is 2.08. The second kappa shape index (κ2) is 7.62. The fraction of sp³-hybridized carbons (Fsp3) is 0.333. The first-order valence-corrected chi connectivity index (χ1v) is 7.19. The van der Waals surface area contributed by atoms with Gasteiger partial charge in [-0.05, 0) is 5.56 Å². The minimum atomic E-state index is 0.423. The summed E-state index contributed by atoms with van der Waals surface area (Å²) in [6.45, 7) is 2.13. The minimum absolute atomic E-state index is 0.423. The number of nitriles is 1. The van der Waals surface area contributed by atoms with Crippen LogP contribution in [0.2, 0.25) is 0 Å². The summed E-state index contributed by atoms with van der Waals surface area (Å²) in [4.78, 5) is 1.99. The summed E-state index contributed by atoms with van der Waals surface area (Å²) < 4.78 is 5.43. The highest BCUT2D eigenvalue weighted by Gasteiger charge is 2.17. The highest BCUT2D eigenvalue weighted by atomic mass is 32.1. The van der Waals surface area contributed by atoms with Gasteiger partial charge >= 0.3 is 0 Å². The van der Waals surface area contributed by atoms with Gasteiger partial charge in [-0.2, -0.15) is 5.26 Å². The lowest BCUT2D eigenvalue weighted by molar-refractivity contribution is 0.120. The normalized spacial score (nSPS) is 19.3. The van der Waals surface area contributed by atoms with E-state index in [9.17, 15) is 0 Å². The molecule has 0 saturated carbocycles. The van der Waals surface area contributed by atoms with E-state index < -0.39 is 0 Å². The van der Waals surface area contributed by atoms with Gasteiger partial charge < -0.3 is 15.8 Å². The molecule has 0 saturated heterocycles. The average molecular weight is 302 g/mol.